The molecule has 1 rings (SSSR count). The minimum Gasteiger partial charge on any atom is -0.478 e. The van der Waals surface area contributed by atoms with E-state index in [1.54, 1.807) is 6.07 Å². The van der Waals surface area contributed by atoms with Crippen LogP contribution in [0.2, 0.25) is 5.02 Å². The van der Waals surface area contributed by atoms with E-state index in [1.807, 2.05) is 6.92 Å². The summed E-state index contributed by atoms with van der Waals surface area (Å²) in [4.78, 5) is 10.6. The third kappa shape index (κ3) is 3.07. The summed E-state index contributed by atoms with van der Waals surface area (Å²) < 4.78 is 13.6. The number of aliphatic carboxylic acids is 1. The molecule has 0 heterocycles. The lowest BCUT2D eigenvalue weighted by Gasteiger charge is -2.09. The van der Waals surface area contributed by atoms with E-state index in [1.165, 1.54) is 12.1 Å². The first kappa shape index (κ1) is 12.7. The molecule has 0 unspecified atom stereocenters. The fraction of sp³-hybridized carbons (Fsp3) is 0.250. The van der Waals surface area contributed by atoms with Gasteiger partial charge in [0.2, 0.25) is 0 Å². The summed E-state index contributed by atoms with van der Waals surface area (Å²) in [6.07, 6.45) is 2.21. The molecule has 0 spiro atoms. The molecule has 0 bridgehead atoms. The van der Waals surface area contributed by atoms with Crippen molar-refractivity contribution in [2.75, 3.05) is 0 Å². The Bertz CT molecular complexity index is 407. The van der Waals surface area contributed by atoms with Crippen LogP contribution < -0.4 is 0 Å². The van der Waals surface area contributed by atoms with E-state index in [9.17, 15) is 9.18 Å². The fourth-order valence-corrected chi connectivity index (χ4v) is 1.78. The van der Waals surface area contributed by atoms with Crippen molar-refractivity contribution < 1.29 is 14.3 Å². The topological polar surface area (TPSA) is 37.3 Å². The quantitative estimate of drug-likeness (QED) is 0.817. The van der Waals surface area contributed by atoms with Crippen molar-refractivity contribution in [1.82, 2.24) is 0 Å². The van der Waals surface area contributed by atoms with Gasteiger partial charge in [0.1, 0.15) is 5.82 Å². The van der Waals surface area contributed by atoms with E-state index in [-0.39, 0.29) is 10.6 Å². The Hall–Kier alpha value is -1.35. The second-order valence-electron chi connectivity index (χ2n) is 3.35. The molecule has 86 valence electrons. The van der Waals surface area contributed by atoms with E-state index in [4.69, 9.17) is 16.7 Å². The van der Waals surface area contributed by atoms with Crippen LogP contribution in [0.4, 0.5) is 4.39 Å². The first-order valence-electron chi connectivity index (χ1n) is 4.94. The number of carboxylic acid groups (broad SMARTS) is 1. The van der Waals surface area contributed by atoms with Gasteiger partial charge in [0.15, 0.2) is 0 Å². The predicted molar refractivity (Wildman–Crippen MR) is 61.9 cm³/mol. The van der Waals surface area contributed by atoms with Gasteiger partial charge < -0.3 is 5.11 Å². The molecule has 0 fully saturated rings. The molecule has 0 amide bonds. The van der Waals surface area contributed by atoms with Gasteiger partial charge in [-0.15, -0.1) is 0 Å². The summed E-state index contributed by atoms with van der Waals surface area (Å²) in [6, 6.07) is 4.31. The molecular weight excluding hydrogens is 231 g/mol. The number of benzene rings is 1. The molecule has 0 saturated heterocycles. The van der Waals surface area contributed by atoms with Gasteiger partial charge in [-0.1, -0.05) is 31.0 Å². The molecule has 0 atom stereocenters. The summed E-state index contributed by atoms with van der Waals surface area (Å²) in [7, 11) is 0. The lowest BCUT2D eigenvalue weighted by Crippen LogP contribution is -1.96. The van der Waals surface area contributed by atoms with Crippen molar-refractivity contribution in [1.29, 1.82) is 0 Å². The molecular formula is C12H12ClFO2. The smallest absolute Gasteiger partial charge is 0.328 e. The fourth-order valence-electron chi connectivity index (χ4n) is 1.49. The van der Waals surface area contributed by atoms with Crippen LogP contribution in [0.3, 0.4) is 0 Å². The summed E-state index contributed by atoms with van der Waals surface area (Å²) in [5.41, 5.74) is 0.603. The van der Waals surface area contributed by atoms with E-state index in [0.717, 1.165) is 12.5 Å². The van der Waals surface area contributed by atoms with Crippen molar-refractivity contribution in [3.63, 3.8) is 0 Å². The number of rotatable bonds is 4. The molecule has 0 radical (unpaired) electrons. The minimum absolute atomic E-state index is 0.188. The highest BCUT2D eigenvalue weighted by Gasteiger charge is 2.12. The van der Waals surface area contributed by atoms with E-state index < -0.39 is 11.8 Å². The van der Waals surface area contributed by atoms with Crippen molar-refractivity contribution in [3.8, 4) is 0 Å². The number of hydrogen-bond donors (Lipinski definition) is 1. The molecule has 0 aliphatic carbocycles. The van der Waals surface area contributed by atoms with Crippen LogP contribution in [0.1, 0.15) is 25.3 Å². The highest BCUT2D eigenvalue weighted by atomic mass is 35.5. The maximum atomic E-state index is 13.6. The van der Waals surface area contributed by atoms with Gasteiger partial charge in [-0.05, 0) is 24.1 Å². The Morgan fingerprint density at radius 2 is 2.25 bits per heavy atom. The lowest BCUT2D eigenvalue weighted by molar-refractivity contribution is -0.131. The monoisotopic (exact) mass is 242 g/mol. The second kappa shape index (κ2) is 5.66. The van der Waals surface area contributed by atoms with Gasteiger partial charge in [0, 0.05) is 11.6 Å². The van der Waals surface area contributed by atoms with Crippen molar-refractivity contribution in [2.45, 2.75) is 19.8 Å². The lowest BCUT2D eigenvalue weighted by atomic mass is 10.0. The van der Waals surface area contributed by atoms with Crippen LogP contribution >= 0.6 is 11.6 Å². The van der Waals surface area contributed by atoms with Crippen molar-refractivity contribution >= 4 is 23.1 Å². The van der Waals surface area contributed by atoms with E-state index in [2.05, 4.69) is 0 Å². The maximum Gasteiger partial charge on any atom is 0.328 e. The Labute approximate surface area is 98.4 Å². The Balaban J connectivity index is 3.26. The summed E-state index contributed by atoms with van der Waals surface area (Å²) in [6.45, 7) is 1.89. The molecule has 0 aliphatic rings. The first-order chi connectivity index (χ1) is 7.56. The summed E-state index contributed by atoms with van der Waals surface area (Å²) >= 11 is 5.87. The normalized spacial score (nSPS) is 11.6. The van der Waals surface area contributed by atoms with Crippen LogP contribution in [-0.2, 0) is 4.79 Å². The highest BCUT2D eigenvalue weighted by molar-refractivity contribution is 6.32. The maximum absolute atomic E-state index is 13.6. The van der Waals surface area contributed by atoms with Crippen LogP contribution in [0, 0.1) is 5.82 Å². The average Bonchev–Trinajstić information content (AvgIpc) is 2.16. The number of carbonyl (C=O) groups is 1. The molecule has 16 heavy (non-hydrogen) atoms. The number of allylic oxidation sites excluding steroid dienone is 1. The Morgan fingerprint density at radius 1 is 1.56 bits per heavy atom. The van der Waals surface area contributed by atoms with Crippen molar-refractivity contribution in [2.24, 2.45) is 0 Å². The average molecular weight is 243 g/mol. The highest BCUT2D eigenvalue weighted by Crippen LogP contribution is 2.29. The first-order valence-corrected chi connectivity index (χ1v) is 5.32. The number of halogens is 2. The summed E-state index contributed by atoms with van der Waals surface area (Å²) in [5.74, 6) is -1.59. The zero-order valence-corrected chi connectivity index (χ0v) is 9.59. The summed E-state index contributed by atoms with van der Waals surface area (Å²) in [5, 5.41) is 8.95. The SMILES string of the molecule is CCC/C(=C\C(=O)O)c1c(F)cccc1Cl. The molecule has 2 nitrogen and oxygen atoms in total. The third-order valence-electron chi connectivity index (χ3n) is 2.10. The zero-order chi connectivity index (χ0) is 12.1. The van der Waals surface area contributed by atoms with Gasteiger partial charge in [-0.25, -0.2) is 9.18 Å². The molecule has 4 heteroatoms. The molecule has 0 saturated carbocycles. The Morgan fingerprint density at radius 3 is 2.75 bits per heavy atom. The van der Waals surface area contributed by atoms with E-state index in [0.29, 0.717) is 12.0 Å². The van der Waals surface area contributed by atoms with E-state index >= 15 is 0 Å². The zero-order valence-electron chi connectivity index (χ0n) is 8.84. The predicted octanol–water partition coefficient (Wildman–Crippen LogP) is 3.75. The molecule has 0 aromatic heterocycles. The third-order valence-corrected chi connectivity index (χ3v) is 2.42. The minimum atomic E-state index is -1.09. The van der Waals surface area contributed by atoms with Crippen LogP contribution in [0.5, 0.6) is 0 Å². The molecule has 1 aromatic carbocycles. The van der Waals surface area contributed by atoms with Gasteiger partial charge in [-0.2, -0.15) is 0 Å². The second-order valence-corrected chi connectivity index (χ2v) is 3.76. The van der Waals surface area contributed by atoms with Gasteiger partial charge in [0.25, 0.3) is 0 Å². The van der Waals surface area contributed by atoms with Gasteiger partial charge in [0.05, 0.1) is 5.02 Å². The van der Waals surface area contributed by atoms with Crippen LogP contribution in [0.15, 0.2) is 24.3 Å². The van der Waals surface area contributed by atoms with Crippen LogP contribution in [-0.4, -0.2) is 11.1 Å². The van der Waals surface area contributed by atoms with Crippen LogP contribution in [0.25, 0.3) is 5.57 Å². The molecule has 1 aromatic rings. The van der Waals surface area contributed by atoms with Gasteiger partial charge in [-0.3, -0.25) is 0 Å². The standard InChI is InChI=1S/C12H12ClFO2/c1-2-4-8(7-11(15)16)12-9(13)5-3-6-10(12)14/h3,5-7H,2,4H2,1H3,(H,15,16)/b8-7+. The Kier molecular flexibility index (Phi) is 4.50. The largest absolute Gasteiger partial charge is 0.478 e. The number of hydrogen-bond acceptors (Lipinski definition) is 1. The van der Waals surface area contributed by atoms with Gasteiger partial charge >= 0.3 is 5.97 Å². The number of carboxylic acids is 1. The molecule has 0 aliphatic heterocycles. The molecule has 1 N–H and O–H groups in total. The van der Waals surface area contributed by atoms with Crippen molar-refractivity contribution in [3.05, 3.63) is 40.7 Å².